The fourth-order valence-electron chi connectivity index (χ4n) is 8.39. The lowest BCUT2D eigenvalue weighted by Gasteiger charge is -2.61. The molecule has 0 aromatic rings. The van der Waals surface area contributed by atoms with Gasteiger partial charge in [-0.25, -0.2) is 0 Å². The largest absolute Gasteiger partial charge is 0.463 e. The number of hydrogen-bond donors (Lipinski definition) is 1. The molecular formula is C23H38O3. The van der Waals surface area contributed by atoms with E-state index in [4.69, 9.17) is 4.74 Å². The van der Waals surface area contributed by atoms with Crippen LogP contribution < -0.4 is 0 Å². The Labute approximate surface area is 159 Å². The van der Waals surface area contributed by atoms with Crippen molar-refractivity contribution in [3.05, 3.63) is 0 Å². The Balaban J connectivity index is 1.55. The van der Waals surface area contributed by atoms with Gasteiger partial charge in [-0.1, -0.05) is 13.8 Å². The minimum absolute atomic E-state index is 0.0517. The van der Waals surface area contributed by atoms with E-state index in [1.54, 1.807) is 6.92 Å². The monoisotopic (exact) mass is 362 g/mol. The number of ether oxygens (including phenoxy) is 1. The number of esters is 1. The summed E-state index contributed by atoms with van der Waals surface area (Å²) >= 11 is 0. The van der Waals surface area contributed by atoms with Gasteiger partial charge in [-0.15, -0.1) is 0 Å². The highest BCUT2D eigenvalue weighted by molar-refractivity contribution is 5.66. The minimum Gasteiger partial charge on any atom is -0.463 e. The van der Waals surface area contributed by atoms with Crippen LogP contribution in [0, 0.1) is 40.4 Å². The first-order valence-electron chi connectivity index (χ1n) is 11.1. The normalized spacial score (nSPS) is 51.7. The van der Waals surface area contributed by atoms with E-state index >= 15 is 0 Å². The quantitative estimate of drug-likeness (QED) is 0.706. The van der Waals surface area contributed by atoms with Crippen molar-refractivity contribution in [1.29, 1.82) is 0 Å². The van der Waals surface area contributed by atoms with Crippen LogP contribution in [0.2, 0.25) is 0 Å². The van der Waals surface area contributed by atoms with Crippen molar-refractivity contribution in [2.75, 3.05) is 0 Å². The first-order chi connectivity index (χ1) is 12.3. The highest BCUT2D eigenvalue weighted by Crippen LogP contribution is 2.67. The van der Waals surface area contributed by atoms with E-state index in [1.807, 2.05) is 0 Å². The Kier molecular flexibility index (Phi) is 4.69. The molecule has 26 heavy (non-hydrogen) atoms. The van der Waals surface area contributed by atoms with E-state index in [0.29, 0.717) is 16.7 Å². The SMILES string of the molecule is CC(=O)OC(C)C1CCC2C3CCC4CC(O)CCC4(C)C3CCC12C. The van der Waals surface area contributed by atoms with E-state index in [-0.39, 0.29) is 18.2 Å². The van der Waals surface area contributed by atoms with E-state index in [2.05, 4.69) is 20.8 Å². The molecule has 0 heterocycles. The standard InChI is InChI=1S/C23H38O3/c1-14(26-15(2)24)19-7-8-20-18-6-5-16-13-17(25)9-11-22(16,3)21(18)10-12-23(19,20)4/h14,16-21,25H,5-13H2,1-4H3. The smallest absolute Gasteiger partial charge is 0.302 e. The fourth-order valence-corrected chi connectivity index (χ4v) is 8.39. The lowest BCUT2D eigenvalue weighted by atomic mass is 9.44. The molecular weight excluding hydrogens is 324 g/mol. The summed E-state index contributed by atoms with van der Waals surface area (Å²) in [6.07, 6.45) is 11.1. The number of carbonyl (C=O) groups is 1. The van der Waals surface area contributed by atoms with E-state index in [1.165, 1.54) is 44.9 Å². The number of hydrogen-bond acceptors (Lipinski definition) is 3. The molecule has 9 atom stereocenters. The second-order valence-corrected chi connectivity index (χ2v) is 10.6. The minimum atomic E-state index is -0.132. The molecule has 0 aliphatic heterocycles. The van der Waals surface area contributed by atoms with Gasteiger partial charge in [0.1, 0.15) is 6.10 Å². The van der Waals surface area contributed by atoms with E-state index in [9.17, 15) is 9.90 Å². The summed E-state index contributed by atoms with van der Waals surface area (Å²) in [6.45, 7) is 8.72. The van der Waals surface area contributed by atoms with Gasteiger partial charge in [-0.2, -0.15) is 0 Å². The number of fused-ring (bicyclic) bond motifs is 5. The van der Waals surface area contributed by atoms with Crippen LogP contribution >= 0.6 is 0 Å². The Morgan fingerprint density at radius 2 is 1.69 bits per heavy atom. The van der Waals surface area contributed by atoms with Gasteiger partial charge in [0.05, 0.1) is 6.10 Å². The second kappa shape index (κ2) is 6.50. The van der Waals surface area contributed by atoms with Gasteiger partial charge in [0.2, 0.25) is 0 Å². The van der Waals surface area contributed by atoms with Crippen LogP contribution in [0.5, 0.6) is 0 Å². The number of carbonyl (C=O) groups excluding carboxylic acids is 1. The molecule has 3 heteroatoms. The number of rotatable bonds is 2. The number of aliphatic hydroxyl groups excluding tert-OH is 1. The van der Waals surface area contributed by atoms with Crippen LogP contribution in [-0.4, -0.2) is 23.3 Å². The summed E-state index contributed by atoms with van der Waals surface area (Å²) in [4.78, 5) is 11.5. The van der Waals surface area contributed by atoms with Crippen LogP contribution in [0.15, 0.2) is 0 Å². The van der Waals surface area contributed by atoms with Gasteiger partial charge in [0.25, 0.3) is 0 Å². The third-order valence-corrected chi connectivity index (χ3v) is 9.63. The Morgan fingerprint density at radius 3 is 2.42 bits per heavy atom. The van der Waals surface area contributed by atoms with E-state index in [0.717, 1.165) is 36.5 Å². The van der Waals surface area contributed by atoms with Gasteiger partial charge >= 0.3 is 5.97 Å². The molecule has 0 bridgehead atoms. The van der Waals surface area contributed by atoms with Crippen LogP contribution in [0.25, 0.3) is 0 Å². The van der Waals surface area contributed by atoms with Crippen molar-refractivity contribution in [2.24, 2.45) is 40.4 Å². The summed E-state index contributed by atoms with van der Waals surface area (Å²) in [7, 11) is 0. The van der Waals surface area contributed by atoms with Crippen molar-refractivity contribution in [3.8, 4) is 0 Å². The lowest BCUT2D eigenvalue weighted by Crippen LogP contribution is -2.54. The van der Waals surface area contributed by atoms with Gasteiger partial charge in [0.15, 0.2) is 0 Å². The van der Waals surface area contributed by atoms with Crippen molar-refractivity contribution in [2.45, 2.75) is 97.7 Å². The average Bonchev–Trinajstić information content (AvgIpc) is 2.92. The van der Waals surface area contributed by atoms with Crippen molar-refractivity contribution in [3.63, 3.8) is 0 Å². The van der Waals surface area contributed by atoms with Gasteiger partial charge < -0.3 is 9.84 Å². The Morgan fingerprint density at radius 1 is 1.00 bits per heavy atom. The third-order valence-electron chi connectivity index (χ3n) is 9.63. The summed E-state index contributed by atoms with van der Waals surface area (Å²) in [5.41, 5.74) is 0.788. The van der Waals surface area contributed by atoms with Crippen molar-refractivity contribution >= 4 is 5.97 Å². The van der Waals surface area contributed by atoms with Gasteiger partial charge in [-0.05, 0) is 99.2 Å². The van der Waals surface area contributed by atoms with Crippen molar-refractivity contribution < 1.29 is 14.6 Å². The molecule has 4 aliphatic carbocycles. The Bertz CT molecular complexity index is 560. The molecule has 9 unspecified atom stereocenters. The molecule has 0 aromatic carbocycles. The summed E-state index contributed by atoms with van der Waals surface area (Å²) in [5, 5.41) is 10.2. The van der Waals surface area contributed by atoms with Crippen LogP contribution in [0.3, 0.4) is 0 Å². The molecule has 148 valence electrons. The topological polar surface area (TPSA) is 46.5 Å². The maximum absolute atomic E-state index is 11.5. The molecule has 0 amide bonds. The molecule has 4 fully saturated rings. The summed E-state index contributed by atoms with van der Waals surface area (Å²) in [6, 6.07) is 0. The van der Waals surface area contributed by atoms with E-state index < -0.39 is 0 Å². The molecule has 0 aromatic heterocycles. The number of aliphatic hydroxyl groups is 1. The maximum Gasteiger partial charge on any atom is 0.302 e. The molecule has 0 radical (unpaired) electrons. The van der Waals surface area contributed by atoms with Crippen LogP contribution in [0.1, 0.15) is 85.5 Å². The second-order valence-electron chi connectivity index (χ2n) is 10.6. The van der Waals surface area contributed by atoms with Gasteiger partial charge in [0, 0.05) is 12.8 Å². The lowest BCUT2D eigenvalue weighted by molar-refractivity contribution is -0.156. The van der Waals surface area contributed by atoms with Crippen molar-refractivity contribution in [1.82, 2.24) is 0 Å². The molecule has 3 nitrogen and oxygen atoms in total. The fraction of sp³-hybridized carbons (Fsp3) is 0.957. The highest BCUT2D eigenvalue weighted by Gasteiger charge is 2.60. The molecule has 4 rings (SSSR count). The van der Waals surface area contributed by atoms with Crippen LogP contribution in [-0.2, 0) is 9.53 Å². The zero-order valence-corrected chi connectivity index (χ0v) is 17.2. The zero-order valence-electron chi connectivity index (χ0n) is 17.2. The predicted octanol–water partition coefficient (Wildman–Crippen LogP) is 4.96. The summed E-state index contributed by atoms with van der Waals surface area (Å²) < 4.78 is 5.64. The van der Waals surface area contributed by atoms with Crippen LogP contribution in [0.4, 0.5) is 0 Å². The predicted molar refractivity (Wildman–Crippen MR) is 102 cm³/mol. The zero-order chi connectivity index (χ0) is 18.7. The summed E-state index contributed by atoms with van der Waals surface area (Å²) in [5.74, 6) is 3.61. The molecule has 0 spiro atoms. The van der Waals surface area contributed by atoms with Gasteiger partial charge in [-0.3, -0.25) is 4.79 Å². The Hall–Kier alpha value is -0.570. The molecule has 1 N–H and O–H groups in total. The third kappa shape index (κ3) is 2.75. The molecule has 4 saturated carbocycles. The first kappa shape index (κ1) is 18.8. The first-order valence-corrected chi connectivity index (χ1v) is 11.1. The molecule has 4 aliphatic rings. The highest BCUT2D eigenvalue weighted by atomic mass is 16.5. The molecule has 0 saturated heterocycles. The maximum atomic E-state index is 11.5. The average molecular weight is 363 g/mol.